The van der Waals surface area contributed by atoms with Crippen molar-refractivity contribution >= 4 is 35.3 Å². The van der Waals surface area contributed by atoms with Gasteiger partial charge in [0.05, 0.1) is 27.8 Å². The Kier molecular flexibility index (Phi) is 8.66. The van der Waals surface area contributed by atoms with E-state index in [2.05, 4.69) is 47.7 Å². The molecule has 0 saturated carbocycles. The van der Waals surface area contributed by atoms with E-state index in [4.69, 9.17) is 9.84 Å². The van der Waals surface area contributed by atoms with Gasteiger partial charge in [0.1, 0.15) is 6.73 Å². The summed E-state index contributed by atoms with van der Waals surface area (Å²) in [5.74, 6) is 1.42. The van der Waals surface area contributed by atoms with Crippen LogP contribution in [0.5, 0.6) is 0 Å². The van der Waals surface area contributed by atoms with Crippen LogP contribution < -0.4 is 9.77 Å². The number of aliphatic hydroxyl groups excluding tert-OH is 1. The molecule has 1 aliphatic heterocycles. The van der Waals surface area contributed by atoms with Crippen molar-refractivity contribution in [1.82, 2.24) is 19.3 Å². The molecule has 1 aromatic carbocycles. The summed E-state index contributed by atoms with van der Waals surface area (Å²) in [4.78, 5) is 19.7. The Labute approximate surface area is 234 Å². The largest absolute Gasteiger partial charge is 0.396 e. The molecule has 1 N–H and O–H groups in total. The van der Waals surface area contributed by atoms with E-state index in [1.54, 1.807) is 4.57 Å². The third kappa shape index (κ3) is 7.05. The maximum Gasteiger partial charge on any atom is 0.310 e. The van der Waals surface area contributed by atoms with Crippen LogP contribution in [-0.4, -0.2) is 58.8 Å². The fourth-order valence-electron chi connectivity index (χ4n) is 5.03. The highest BCUT2D eigenvalue weighted by molar-refractivity contribution is 7.16. The maximum absolute atomic E-state index is 12.6. The zero-order valence-corrected chi connectivity index (χ0v) is 25.0. The van der Waals surface area contributed by atoms with Gasteiger partial charge < -0.3 is 14.7 Å². The monoisotopic (exact) mass is 565 g/mol. The normalized spacial score (nSPS) is 14.9. The first kappa shape index (κ1) is 27.8. The molecule has 0 radical (unpaired) electrons. The van der Waals surface area contributed by atoms with Gasteiger partial charge in [-0.15, -0.1) is 0 Å². The lowest BCUT2D eigenvalue weighted by Gasteiger charge is -2.33. The molecule has 0 amide bonds. The number of aromatic nitrogens is 4. The number of benzene rings is 1. The van der Waals surface area contributed by atoms with E-state index in [0.29, 0.717) is 25.7 Å². The van der Waals surface area contributed by atoms with Gasteiger partial charge in [0.15, 0.2) is 5.82 Å². The minimum atomic E-state index is -1.16. The molecule has 1 saturated heterocycles. The number of aliphatic hydroxyl groups is 1. The van der Waals surface area contributed by atoms with E-state index in [1.807, 2.05) is 35.3 Å². The van der Waals surface area contributed by atoms with E-state index in [1.165, 1.54) is 11.3 Å². The standard InChI is InChI=1S/C29H39N5O3SSi/c1-39(2,3)17-16-37-21-33-26-6-4-23(19-27(26)38-29(33)36)18-24-10-14-34(31-24)28-7-5-25(20-30-28)32-12-8-22(9-13-32)11-15-35/h4-7,10,14,19-20,22,35H,8-9,11-13,15-18,21H2,1-3H3. The lowest BCUT2D eigenvalue weighted by atomic mass is 9.94. The van der Waals surface area contributed by atoms with Crippen LogP contribution in [0.25, 0.3) is 16.0 Å². The van der Waals surface area contributed by atoms with Crippen LogP contribution in [0.15, 0.2) is 53.6 Å². The number of hydrogen-bond acceptors (Lipinski definition) is 7. The number of anilines is 1. The zero-order chi connectivity index (χ0) is 27.4. The molecule has 4 heterocycles. The molecule has 3 aromatic heterocycles. The predicted octanol–water partition coefficient (Wildman–Crippen LogP) is 5.15. The van der Waals surface area contributed by atoms with Gasteiger partial charge in [-0.05, 0) is 67.1 Å². The Morgan fingerprint density at radius 2 is 1.95 bits per heavy atom. The van der Waals surface area contributed by atoms with E-state index >= 15 is 0 Å². The van der Waals surface area contributed by atoms with Crippen molar-refractivity contribution < 1.29 is 9.84 Å². The van der Waals surface area contributed by atoms with Crippen LogP contribution in [-0.2, 0) is 17.9 Å². The highest BCUT2D eigenvalue weighted by atomic mass is 32.1. The Balaban J connectivity index is 1.20. The Hall–Kier alpha value is -2.79. The lowest BCUT2D eigenvalue weighted by molar-refractivity contribution is 0.0888. The SMILES string of the molecule is C[Si](C)(C)CCOCn1c(=O)sc2cc(Cc3ccn(-c4ccc(N5CCC(CCO)CC5)cn4)n3)ccc21. The van der Waals surface area contributed by atoms with Crippen molar-refractivity contribution in [2.75, 3.05) is 31.2 Å². The summed E-state index contributed by atoms with van der Waals surface area (Å²) in [5.41, 5.74) is 4.13. The number of pyridine rings is 1. The summed E-state index contributed by atoms with van der Waals surface area (Å²) in [5, 5.41) is 13.9. The van der Waals surface area contributed by atoms with Crippen LogP contribution in [0.3, 0.4) is 0 Å². The van der Waals surface area contributed by atoms with E-state index in [0.717, 1.165) is 71.4 Å². The van der Waals surface area contributed by atoms with Gasteiger partial charge in [0.2, 0.25) is 0 Å². The molecule has 8 nitrogen and oxygen atoms in total. The molecule has 0 unspecified atom stereocenters. The van der Waals surface area contributed by atoms with Gasteiger partial charge in [0, 0.05) is 47.0 Å². The average Bonchev–Trinajstić information content (AvgIpc) is 3.50. The smallest absolute Gasteiger partial charge is 0.310 e. The summed E-state index contributed by atoms with van der Waals surface area (Å²) < 4.78 is 10.4. The molecule has 1 aliphatic rings. The summed E-state index contributed by atoms with van der Waals surface area (Å²) >= 11 is 1.27. The van der Waals surface area contributed by atoms with Crippen molar-refractivity contribution in [3.05, 3.63) is 69.7 Å². The number of hydrogen-bond donors (Lipinski definition) is 1. The molecule has 10 heteroatoms. The second-order valence-electron chi connectivity index (χ2n) is 11.7. The van der Waals surface area contributed by atoms with Crippen molar-refractivity contribution in [1.29, 1.82) is 0 Å². The first-order valence-electron chi connectivity index (χ1n) is 13.9. The second kappa shape index (κ2) is 12.2. The first-order valence-corrected chi connectivity index (χ1v) is 18.4. The molecule has 208 valence electrons. The van der Waals surface area contributed by atoms with Crippen molar-refractivity contribution in [2.24, 2.45) is 5.92 Å². The number of piperidine rings is 1. The Morgan fingerprint density at radius 1 is 1.13 bits per heavy atom. The lowest BCUT2D eigenvalue weighted by Crippen LogP contribution is -2.34. The molecular weight excluding hydrogens is 527 g/mol. The molecular formula is C29H39N5O3SSi. The summed E-state index contributed by atoms with van der Waals surface area (Å²) in [6, 6.07) is 13.4. The molecule has 0 bridgehead atoms. The van der Waals surface area contributed by atoms with E-state index < -0.39 is 8.07 Å². The van der Waals surface area contributed by atoms with Gasteiger partial charge in [-0.1, -0.05) is 37.0 Å². The van der Waals surface area contributed by atoms with Crippen molar-refractivity contribution in [3.8, 4) is 5.82 Å². The number of rotatable bonds is 11. The summed E-state index contributed by atoms with van der Waals surface area (Å²) in [7, 11) is -1.16. The second-order valence-corrected chi connectivity index (χ2v) is 18.3. The van der Waals surface area contributed by atoms with Crippen molar-refractivity contribution in [3.63, 3.8) is 0 Å². The maximum atomic E-state index is 12.6. The van der Waals surface area contributed by atoms with E-state index in [-0.39, 0.29) is 11.5 Å². The molecule has 5 rings (SSSR count). The number of fused-ring (bicyclic) bond motifs is 1. The Bertz CT molecular complexity index is 1430. The highest BCUT2D eigenvalue weighted by Crippen LogP contribution is 2.25. The van der Waals surface area contributed by atoms with Gasteiger partial charge in [-0.3, -0.25) is 9.36 Å². The molecule has 0 aliphatic carbocycles. The fourth-order valence-corrected chi connectivity index (χ4v) is 6.73. The molecule has 4 aromatic rings. The average molecular weight is 566 g/mol. The summed E-state index contributed by atoms with van der Waals surface area (Å²) in [6.07, 6.45) is 7.70. The van der Waals surface area contributed by atoms with Crippen molar-refractivity contribution in [2.45, 2.75) is 58.1 Å². The third-order valence-corrected chi connectivity index (χ3v) is 10.1. The fraction of sp³-hybridized carbons (Fsp3) is 0.483. The van der Waals surface area contributed by atoms with Gasteiger partial charge in [-0.25, -0.2) is 9.67 Å². The topological polar surface area (TPSA) is 85.4 Å². The van der Waals surface area contributed by atoms with Crippen LogP contribution in [0.1, 0.15) is 30.5 Å². The predicted molar refractivity (Wildman–Crippen MR) is 161 cm³/mol. The highest BCUT2D eigenvalue weighted by Gasteiger charge is 2.19. The van der Waals surface area contributed by atoms with Crippen LogP contribution >= 0.6 is 11.3 Å². The third-order valence-electron chi connectivity index (χ3n) is 7.46. The van der Waals surface area contributed by atoms with E-state index in [9.17, 15) is 9.90 Å². The summed E-state index contributed by atoms with van der Waals surface area (Å²) in [6.45, 7) is 10.3. The zero-order valence-electron chi connectivity index (χ0n) is 23.2. The number of nitrogens with zero attached hydrogens (tertiary/aromatic N) is 5. The minimum absolute atomic E-state index is 0.0171. The van der Waals surface area contributed by atoms with Gasteiger partial charge in [-0.2, -0.15) is 5.10 Å². The number of thiazole rings is 1. The molecule has 0 atom stereocenters. The van der Waals surface area contributed by atoms with Crippen LogP contribution in [0.4, 0.5) is 5.69 Å². The molecule has 39 heavy (non-hydrogen) atoms. The van der Waals surface area contributed by atoms with Crippen LogP contribution in [0.2, 0.25) is 25.7 Å². The molecule has 0 spiro atoms. The van der Waals surface area contributed by atoms with Gasteiger partial charge >= 0.3 is 4.87 Å². The number of ether oxygens (including phenoxy) is 1. The van der Waals surface area contributed by atoms with Gasteiger partial charge in [0.25, 0.3) is 0 Å². The first-order chi connectivity index (χ1) is 18.8. The molecule has 1 fully saturated rings. The Morgan fingerprint density at radius 3 is 2.67 bits per heavy atom. The van der Waals surface area contributed by atoms with Crippen LogP contribution in [0, 0.1) is 5.92 Å². The quantitative estimate of drug-likeness (QED) is 0.200. The minimum Gasteiger partial charge on any atom is -0.396 e.